The van der Waals surface area contributed by atoms with Crippen molar-refractivity contribution in [2.45, 2.75) is 0 Å². The molecule has 0 N–H and O–H groups in total. The molecule has 0 unspecified atom stereocenters. The number of nitriles is 1. The molecule has 0 bridgehead atoms. The van der Waals surface area contributed by atoms with Crippen LogP contribution in [0.25, 0.3) is 11.4 Å². The van der Waals surface area contributed by atoms with Crippen molar-refractivity contribution in [1.82, 2.24) is 9.97 Å². The van der Waals surface area contributed by atoms with Gasteiger partial charge in [-0.2, -0.15) is 5.26 Å². The fraction of sp³-hybridized carbons (Fsp3) is 0.0800. The van der Waals surface area contributed by atoms with Gasteiger partial charge >= 0.3 is 0 Å². The van der Waals surface area contributed by atoms with Crippen LogP contribution in [0, 0.1) is 11.3 Å². The molecule has 4 aromatic rings. The van der Waals surface area contributed by atoms with Gasteiger partial charge in [-0.05, 0) is 42.5 Å². The Hall–Kier alpha value is -4.37. The molecule has 150 valence electrons. The molecule has 0 atom stereocenters. The van der Waals surface area contributed by atoms with E-state index in [1.807, 2.05) is 48.5 Å². The highest BCUT2D eigenvalue weighted by molar-refractivity contribution is 5.82. The maximum atomic E-state index is 9.58. The highest BCUT2D eigenvalue weighted by Crippen LogP contribution is 2.41. The van der Waals surface area contributed by atoms with E-state index in [0.717, 1.165) is 28.5 Å². The van der Waals surface area contributed by atoms with Crippen molar-refractivity contribution in [1.29, 1.82) is 5.26 Å². The van der Waals surface area contributed by atoms with Crippen LogP contribution in [0.3, 0.4) is 0 Å². The fourth-order valence-corrected chi connectivity index (χ4v) is 3.73. The smallest absolute Gasteiger partial charge is 0.131 e. The standard InChI is InChI=1S/C25H19N5O/c1-29-17-30(25-8-3-2-7-24(25)29)19-12-18(16-26)13-21(14-19)31-20-9-11-28-23(15-20)22-6-4-5-10-27-22/h2-15H,17H2,1H3. The van der Waals surface area contributed by atoms with Gasteiger partial charge < -0.3 is 14.5 Å². The maximum absolute atomic E-state index is 9.58. The van der Waals surface area contributed by atoms with Crippen molar-refractivity contribution in [2.75, 3.05) is 23.5 Å². The van der Waals surface area contributed by atoms with E-state index in [2.05, 4.69) is 45.0 Å². The van der Waals surface area contributed by atoms with E-state index in [0.29, 0.717) is 23.7 Å². The molecule has 6 nitrogen and oxygen atoms in total. The largest absolute Gasteiger partial charge is 0.457 e. The van der Waals surface area contributed by atoms with E-state index in [1.165, 1.54) is 0 Å². The third-order valence-corrected chi connectivity index (χ3v) is 5.16. The first kappa shape index (κ1) is 18.6. The van der Waals surface area contributed by atoms with Gasteiger partial charge in [0.15, 0.2) is 0 Å². The lowest BCUT2D eigenvalue weighted by molar-refractivity contribution is 0.482. The summed E-state index contributed by atoms with van der Waals surface area (Å²) in [5, 5.41) is 9.58. The molecule has 3 heterocycles. The van der Waals surface area contributed by atoms with Crippen molar-refractivity contribution < 1.29 is 4.74 Å². The summed E-state index contributed by atoms with van der Waals surface area (Å²) >= 11 is 0. The quantitative estimate of drug-likeness (QED) is 0.456. The van der Waals surface area contributed by atoms with Gasteiger partial charge in [0.05, 0.1) is 41.1 Å². The van der Waals surface area contributed by atoms with Crippen LogP contribution in [0.4, 0.5) is 17.1 Å². The molecule has 2 aromatic carbocycles. The minimum Gasteiger partial charge on any atom is -0.457 e. The number of para-hydroxylation sites is 2. The molecule has 0 saturated carbocycles. The van der Waals surface area contributed by atoms with Crippen molar-refractivity contribution in [2.24, 2.45) is 0 Å². The first-order chi connectivity index (χ1) is 15.2. The number of pyridine rings is 2. The molecule has 1 aliphatic rings. The third-order valence-electron chi connectivity index (χ3n) is 5.16. The Labute approximate surface area is 180 Å². The van der Waals surface area contributed by atoms with Crippen molar-refractivity contribution >= 4 is 17.1 Å². The zero-order valence-electron chi connectivity index (χ0n) is 16.9. The van der Waals surface area contributed by atoms with Gasteiger partial charge in [0.1, 0.15) is 11.5 Å². The van der Waals surface area contributed by atoms with Crippen molar-refractivity contribution in [3.05, 3.63) is 90.8 Å². The lowest BCUT2D eigenvalue weighted by Crippen LogP contribution is -2.24. The predicted octanol–water partition coefficient (Wildman–Crippen LogP) is 5.35. The summed E-state index contributed by atoms with van der Waals surface area (Å²) in [5.74, 6) is 1.23. The van der Waals surface area contributed by atoms with Gasteiger partial charge in [-0.1, -0.05) is 18.2 Å². The van der Waals surface area contributed by atoms with Gasteiger partial charge in [-0.15, -0.1) is 0 Å². The zero-order chi connectivity index (χ0) is 21.2. The topological polar surface area (TPSA) is 65.3 Å². The summed E-state index contributed by atoms with van der Waals surface area (Å²) in [6.45, 7) is 0.701. The highest BCUT2D eigenvalue weighted by Gasteiger charge is 2.24. The molecule has 31 heavy (non-hydrogen) atoms. The summed E-state index contributed by atoms with van der Waals surface area (Å²) in [6.07, 6.45) is 3.43. The second-order valence-electron chi connectivity index (χ2n) is 7.28. The number of fused-ring (bicyclic) bond motifs is 1. The minimum absolute atomic E-state index is 0.540. The van der Waals surface area contributed by atoms with Gasteiger partial charge in [-0.3, -0.25) is 9.97 Å². The fourth-order valence-electron chi connectivity index (χ4n) is 3.73. The molecule has 0 spiro atoms. The molecular weight excluding hydrogens is 386 g/mol. The summed E-state index contributed by atoms with van der Waals surface area (Å²) in [4.78, 5) is 13.1. The van der Waals surface area contributed by atoms with E-state index in [-0.39, 0.29) is 0 Å². The van der Waals surface area contributed by atoms with E-state index < -0.39 is 0 Å². The summed E-state index contributed by atoms with van der Waals surface area (Å²) < 4.78 is 6.14. The molecule has 0 amide bonds. The Bertz CT molecular complexity index is 1280. The van der Waals surface area contributed by atoms with Crippen molar-refractivity contribution in [3.63, 3.8) is 0 Å². The zero-order valence-corrected chi connectivity index (χ0v) is 16.9. The van der Waals surface area contributed by atoms with Gasteiger partial charge in [-0.25, -0.2) is 0 Å². The summed E-state index contributed by atoms with van der Waals surface area (Å²) in [7, 11) is 2.06. The Balaban J connectivity index is 1.49. The number of nitrogens with zero attached hydrogens (tertiary/aromatic N) is 5. The first-order valence-electron chi connectivity index (χ1n) is 9.89. The van der Waals surface area contributed by atoms with Crippen LogP contribution in [-0.2, 0) is 0 Å². The van der Waals surface area contributed by atoms with E-state index in [1.54, 1.807) is 24.5 Å². The molecule has 6 heteroatoms. The average Bonchev–Trinajstić information content (AvgIpc) is 3.16. The number of hydrogen-bond acceptors (Lipinski definition) is 6. The molecule has 0 saturated heterocycles. The molecule has 0 radical (unpaired) electrons. The predicted molar refractivity (Wildman–Crippen MR) is 121 cm³/mol. The van der Waals surface area contributed by atoms with Crippen LogP contribution in [0.1, 0.15) is 5.56 Å². The van der Waals surface area contributed by atoms with Crippen LogP contribution < -0.4 is 14.5 Å². The van der Waals surface area contributed by atoms with Gasteiger partial charge in [0.2, 0.25) is 0 Å². The Morgan fingerprint density at radius 2 is 1.65 bits per heavy atom. The SMILES string of the molecule is CN1CN(c2cc(C#N)cc(Oc3ccnc(-c4ccccn4)c3)c2)c2ccccc21. The lowest BCUT2D eigenvalue weighted by atomic mass is 10.1. The number of ether oxygens (including phenoxy) is 1. The van der Waals surface area contributed by atoms with Gasteiger partial charge in [0.25, 0.3) is 0 Å². The maximum Gasteiger partial charge on any atom is 0.131 e. The Morgan fingerprint density at radius 1 is 0.839 bits per heavy atom. The molecule has 2 aromatic heterocycles. The van der Waals surface area contributed by atoms with Gasteiger partial charge in [0, 0.05) is 37.3 Å². The second-order valence-corrected chi connectivity index (χ2v) is 7.28. The van der Waals surface area contributed by atoms with E-state index in [4.69, 9.17) is 4.74 Å². The van der Waals surface area contributed by atoms with Crippen LogP contribution in [0.5, 0.6) is 11.5 Å². The Kier molecular flexibility index (Phi) is 4.70. The Morgan fingerprint density at radius 3 is 2.45 bits per heavy atom. The number of hydrogen-bond donors (Lipinski definition) is 0. The second kappa shape index (κ2) is 7.81. The number of benzene rings is 2. The van der Waals surface area contributed by atoms with E-state index >= 15 is 0 Å². The van der Waals surface area contributed by atoms with Crippen LogP contribution in [-0.4, -0.2) is 23.7 Å². The molecule has 0 aliphatic carbocycles. The van der Waals surface area contributed by atoms with Crippen LogP contribution in [0.2, 0.25) is 0 Å². The molecular formula is C25H19N5O. The summed E-state index contributed by atoms with van der Waals surface area (Å²) in [6, 6.07) is 25.4. The minimum atomic E-state index is 0.540. The summed E-state index contributed by atoms with van der Waals surface area (Å²) in [5.41, 5.74) is 5.21. The normalized spacial score (nSPS) is 12.4. The third kappa shape index (κ3) is 3.65. The van der Waals surface area contributed by atoms with E-state index in [9.17, 15) is 5.26 Å². The van der Waals surface area contributed by atoms with Crippen LogP contribution >= 0.6 is 0 Å². The molecule has 0 fully saturated rings. The first-order valence-corrected chi connectivity index (χ1v) is 9.89. The number of anilines is 3. The number of rotatable bonds is 4. The highest BCUT2D eigenvalue weighted by atomic mass is 16.5. The molecule has 5 rings (SSSR count). The monoisotopic (exact) mass is 405 g/mol. The number of aromatic nitrogens is 2. The average molecular weight is 405 g/mol. The van der Waals surface area contributed by atoms with Crippen LogP contribution in [0.15, 0.2) is 85.2 Å². The lowest BCUT2D eigenvalue weighted by Gasteiger charge is -2.20. The molecule has 1 aliphatic heterocycles. The van der Waals surface area contributed by atoms with Crippen molar-refractivity contribution in [3.8, 4) is 29.0 Å².